The molecule has 1 aliphatic rings. The van der Waals surface area contributed by atoms with Crippen LogP contribution >= 0.6 is 0 Å². The third kappa shape index (κ3) is 3.29. The zero-order chi connectivity index (χ0) is 10.8. The summed E-state index contributed by atoms with van der Waals surface area (Å²) in [4.78, 5) is 11.7. The maximum absolute atomic E-state index is 11.7. The number of esters is 1. The van der Waals surface area contributed by atoms with Crippen LogP contribution in [0.25, 0.3) is 0 Å². The number of nitrogens with two attached hydrogens (primary N) is 1. The van der Waals surface area contributed by atoms with E-state index in [0.717, 1.165) is 19.3 Å². The van der Waals surface area contributed by atoms with Gasteiger partial charge in [0.05, 0.1) is 5.92 Å². The van der Waals surface area contributed by atoms with Crippen molar-refractivity contribution in [3.05, 3.63) is 0 Å². The Morgan fingerprint density at radius 2 is 2.07 bits per heavy atom. The van der Waals surface area contributed by atoms with E-state index in [0.29, 0.717) is 12.5 Å². The van der Waals surface area contributed by atoms with Gasteiger partial charge in [0.2, 0.25) is 0 Å². The first kappa shape index (κ1) is 11.5. The van der Waals surface area contributed by atoms with Gasteiger partial charge in [0.1, 0.15) is 5.60 Å². The maximum Gasteiger partial charge on any atom is 0.309 e. The van der Waals surface area contributed by atoms with E-state index in [1.807, 2.05) is 20.8 Å². The smallest absolute Gasteiger partial charge is 0.309 e. The molecule has 0 heterocycles. The van der Waals surface area contributed by atoms with Crippen LogP contribution in [-0.2, 0) is 9.53 Å². The van der Waals surface area contributed by atoms with Crippen LogP contribution in [0, 0.1) is 11.8 Å². The predicted molar refractivity (Wildman–Crippen MR) is 55.7 cm³/mol. The number of carbonyl (C=O) groups is 1. The largest absolute Gasteiger partial charge is 0.460 e. The van der Waals surface area contributed by atoms with Gasteiger partial charge >= 0.3 is 5.97 Å². The van der Waals surface area contributed by atoms with Crippen molar-refractivity contribution in [3.8, 4) is 0 Å². The minimum absolute atomic E-state index is 0.0477. The first-order valence-electron chi connectivity index (χ1n) is 5.35. The number of rotatable bonds is 2. The average molecular weight is 199 g/mol. The van der Waals surface area contributed by atoms with E-state index >= 15 is 0 Å². The normalized spacial score (nSPS) is 27.7. The lowest BCUT2D eigenvalue weighted by Gasteiger charge is -2.22. The Balaban J connectivity index is 2.40. The third-order valence-corrected chi connectivity index (χ3v) is 2.61. The monoisotopic (exact) mass is 199 g/mol. The zero-order valence-electron chi connectivity index (χ0n) is 9.38. The van der Waals surface area contributed by atoms with E-state index in [1.54, 1.807) is 0 Å². The fraction of sp³-hybridized carbons (Fsp3) is 0.909. The van der Waals surface area contributed by atoms with Gasteiger partial charge in [-0.25, -0.2) is 0 Å². The fourth-order valence-corrected chi connectivity index (χ4v) is 1.89. The van der Waals surface area contributed by atoms with E-state index in [9.17, 15) is 4.79 Å². The van der Waals surface area contributed by atoms with Crippen molar-refractivity contribution >= 4 is 5.97 Å². The first-order valence-corrected chi connectivity index (χ1v) is 5.35. The highest BCUT2D eigenvalue weighted by Gasteiger charge is 2.32. The summed E-state index contributed by atoms with van der Waals surface area (Å²) in [5, 5.41) is 0. The molecule has 3 heteroatoms. The van der Waals surface area contributed by atoms with Crippen molar-refractivity contribution < 1.29 is 9.53 Å². The minimum atomic E-state index is -0.363. The predicted octanol–water partition coefficient (Wildman–Crippen LogP) is 1.70. The molecule has 0 saturated heterocycles. The molecular formula is C11H21NO2. The van der Waals surface area contributed by atoms with E-state index < -0.39 is 0 Å². The number of hydrogen-bond donors (Lipinski definition) is 1. The Morgan fingerprint density at radius 3 is 2.50 bits per heavy atom. The molecule has 0 aliphatic heterocycles. The van der Waals surface area contributed by atoms with E-state index in [4.69, 9.17) is 10.5 Å². The van der Waals surface area contributed by atoms with Gasteiger partial charge in [0.15, 0.2) is 0 Å². The molecule has 0 unspecified atom stereocenters. The van der Waals surface area contributed by atoms with Gasteiger partial charge in [-0.3, -0.25) is 4.79 Å². The fourth-order valence-electron chi connectivity index (χ4n) is 1.89. The van der Waals surface area contributed by atoms with Crippen LogP contribution in [0.15, 0.2) is 0 Å². The topological polar surface area (TPSA) is 52.3 Å². The van der Waals surface area contributed by atoms with E-state index in [-0.39, 0.29) is 17.5 Å². The number of hydrogen-bond acceptors (Lipinski definition) is 3. The van der Waals surface area contributed by atoms with Crippen molar-refractivity contribution in [2.75, 3.05) is 6.54 Å². The summed E-state index contributed by atoms with van der Waals surface area (Å²) >= 11 is 0. The molecule has 2 N–H and O–H groups in total. The van der Waals surface area contributed by atoms with Gasteiger partial charge in [-0.2, -0.15) is 0 Å². The molecule has 0 spiro atoms. The van der Waals surface area contributed by atoms with Crippen LogP contribution < -0.4 is 5.73 Å². The summed E-state index contributed by atoms with van der Waals surface area (Å²) < 4.78 is 5.33. The van der Waals surface area contributed by atoms with Gasteiger partial charge in [-0.1, -0.05) is 0 Å². The molecule has 82 valence electrons. The molecule has 3 nitrogen and oxygen atoms in total. The van der Waals surface area contributed by atoms with E-state index in [1.165, 1.54) is 0 Å². The Labute approximate surface area is 86.0 Å². The molecule has 0 aromatic heterocycles. The van der Waals surface area contributed by atoms with Gasteiger partial charge in [-0.15, -0.1) is 0 Å². The molecule has 0 aromatic carbocycles. The SMILES string of the molecule is CC(C)(C)OC(=O)[C@@H]1CC[C@H](CN)C1. The molecule has 0 aromatic rings. The van der Waals surface area contributed by atoms with Crippen LogP contribution in [0.4, 0.5) is 0 Å². The molecule has 1 aliphatic carbocycles. The number of carbonyl (C=O) groups excluding carboxylic acids is 1. The quantitative estimate of drug-likeness (QED) is 0.689. The van der Waals surface area contributed by atoms with Crippen LogP contribution in [0.5, 0.6) is 0 Å². The van der Waals surface area contributed by atoms with Crippen LogP contribution in [0.3, 0.4) is 0 Å². The van der Waals surface area contributed by atoms with Gasteiger partial charge in [0.25, 0.3) is 0 Å². The van der Waals surface area contributed by atoms with Crippen LogP contribution in [0.1, 0.15) is 40.0 Å². The Hall–Kier alpha value is -0.570. The third-order valence-electron chi connectivity index (χ3n) is 2.61. The molecule has 0 amide bonds. The first-order chi connectivity index (χ1) is 6.42. The van der Waals surface area contributed by atoms with Gasteiger partial charge < -0.3 is 10.5 Å². The summed E-state index contributed by atoms with van der Waals surface area (Å²) in [6.45, 7) is 6.40. The average Bonchev–Trinajstić information content (AvgIpc) is 2.48. The second-order valence-electron chi connectivity index (χ2n) is 5.15. The van der Waals surface area contributed by atoms with Crippen LogP contribution in [-0.4, -0.2) is 18.1 Å². The summed E-state index contributed by atoms with van der Waals surface area (Å²) in [6, 6.07) is 0. The Bertz CT molecular complexity index is 208. The maximum atomic E-state index is 11.7. The minimum Gasteiger partial charge on any atom is -0.460 e. The highest BCUT2D eigenvalue weighted by molar-refractivity contribution is 5.73. The lowest BCUT2D eigenvalue weighted by Crippen LogP contribution is -2.28. The molecular weight excluding hydrogens is 178 g/mol. The zero-order valence-corrected chi connectivity index (χ0v) is 9.38. The van der Waals surface area contributed by atoms with Crippen molar-refractivity contribution in [3.63, 3.8) is 0 Å². The second kappa shape index (κ2) is 4.30. The molecule has 1 saturated carbocycles. The summed E-state index contributed by atoms with van der Waals surface area (Å²) in [5.74, 6) is 0.559. The Kier molecular flexibility index (Phi) is 3.53. The standard InChI is InChI=1S/C11H21NO2/c1-11(2,3)14-10(13)9-5-4-8(6-9)7-12/h8-9H,4-7,12H2,1-3H3/t8-,9+/m0/s1. The molecule has 14 heavy (non-hydrogen) atoms. The van der Waals surface area contributed by atoms with Crippen molar-refractivity contribution in [1.82, 2.24) is 0 Å². The number of ether oxygens (including phenoxy) is 1. The van der Waals surface area contributed by atoms with Crippen molar-refractivity contribution in [2.45, 2.75) is 45.6 Å². The highest BCUT2D eigenvalue weighted by atomic mass is 16.6. The lowest BCUT2D eigenvalue weighted by atomic mass is 10.0. The highest BCUT2D eigenvalue weighted by Crippen LogP contribution is 2.31. The van der Waals surface area contributed by atoms with Crippen LogP contribution in [0.2, 0.25) is 0 Å². The van der Waals surface area contributed by atoms with E-state index in [2.05, 4.69) is 0 Å². The summed E-state index contributed by atoms with van der Waals surface area (Å²) in [7, 11) is 0. The van der Waals surface area contributed by atoms with Crippen molar-refractivity contribution in [1.29, 1.82) is 0 Å². The molecule has 2 atom stereocenters. The van der Waals surface area contributed by atoms with Gasteiger partial charge in [0, 0.05) is 0 Å². The second-order valence-corrected chi connectivity index (χ2v) is 5.15. The summed E-state index contributed by atoms with van der Waals surface area (Å²) in [6.07, 6.45) is 2.92. The van der Waals surface area contributed by atoms with Crippen molar-refractivity contribution in [2.24, 2.45) is 17.6 Å². The molecule has 1 fully saturated rings. The summed E-state index contributed by atoms with van der Waals surface area (Å²) in [5.41, 5.74) is 5.21. The molecule has 0 radical (unpaired) electrons. The van der Waals surface area contributed by atoms with Gasteiger partial charge in [-0.05, 0) is 52.5 Å². The lowest BCUT2D eigenvalue weighted by molar-refractivity contribution is -0.159. The molecule has 0 bridgehead atoms. The Morgan fingerprint density at radius 1 is 1.43 bits per heavy atom. The molecule has 1 rings (SSSR count).